The highest BCUT2D eigenvalue weighted by Crippen LogP contribution is 2.26. The fourth-order valence-corrected chi connectivity index (χ4v) is 3.29. The Hall–Kier alpha value is -3.99. The molecule has 0 aliphatic carbocycles. The molecule has 134 valence electrons. The van der Waals surface area contributed by atoms with Crippen molar-refractivity contribution < 1.29 is 9.62 Å². The number of hydrogen-bond donors (Lipinski definition) is 1. The van der Waals surface area contributed by atoms with Gasteiger partial charge in [0.25, 0.3) is 0 Å². The maximum Gasteiger partial charge on any atom is 0.155 e. The summed E-state index contributed by atoms with van der Waals surface area (Å²) in [6.07, 6.45) is 3.56. The van der Waals surface area contributed by atoms with Gasteiger partial charge in [-0.2, -0.15) is 0 Å². The topological polar surface area (TPSA) is 71.5 Å². The van der Waals surface area contributed by atoms with E-state index in [4.69, 9.17) is 4.42 Å². The van der Waals surface area contributed by atoms with Crippen molar-refractivity contribution >= 4 is 21.7 Å². The van der Waals surface area contributed by atoms with E-state index in [0.717, 1.165) is 22.0 Å². The summed E-state index contributed by atoms with van der Waals surface area (Å²) >= 11 is 0. The average Bonchev–Trinajstić information content (AvgIpc) is 2.78. The zero-order valence-corrected chi connectivity index (χ0v) is 14.8. The summed E-state index contributed by atoms with van der Waals surface area (Å²) in [5.74, 6) is 0.532. The number of rotatable bonds is 2. The van der Waals surface area contributed by atoms with Gasteiger partial charge in [0.2, 0.25) is 0 Å². The monoisotopic (exact) mass is 365 g/mol. The number of pyridine rings is 2. The van der Waals surface area contributed by atoms with Gasteiger partial charge in [0.15, 0.2) is 5.76 Å². The highest BCUT2D eigenvalue weighted by molar-refractivity contribution is 5.86. The molecule has 0 aliphatic heterocycles. The zero-order valence-electron chi connectivity index (χ0n) is 14.8. The Labute approximate surface area is 160 Å². The molecule has 0 aliphatic rings. The first-order chi connectivity index (χ1) is 13.8. The van der Waals surface area contributed by atoms with Gasteiger partial charge >= 0.3 is 0 Å². The number of fused-ring (bicyclic) bond motifs is 2. The summed E-state index contributed by atoms with van der Waals surface area (Å²) < 4.78 is 6.14. The minimum atomic E-state index is 0.429. The summed E-state index contributed by atoms with van der Waals surface area (Å²) in [5, 5.41) is 16.2. The molecule has 28 heavy (non-hydrogen) atoms. The molecule has 0 atom stereocenters. The molecule has 5 nitrogen and oxygen atoms in total. The van der Waals surface area contributed by atoms with E-state index in [0.29, 0.717) is 27.8 Å². The number of benzene rings is 2. The van der Waals surface area contributed by atoms with Gasteiger partial charge in [-0.1, -0.05) is 41.6 Å². The molecule has 3 aromatic heterocycles. The number of hydrogen-bond acceptors (Lipinski definition) is 5. The van der Waals surface area contributed by atoms with Crippen molar-refractivity contribution in [3.8, 4) is 22.7 Å². The lowest BCUT2D eigenvalue weighted by Gasteiger charge is -2.07. The fourth-order valence-electron chi connectivity index (χ4n) is 3.29. The Balaban J connectivity index is 1.72. The van der Waals surface area contributed by atoms with Crippen LogP contribution in [0.25, 0.3) is 44.5 Å². The Morgan fingerprint density at radius 2 is 1.64 bits per heavy atom. The van der Waals surface area contributed by atoms with E-state index in [1.165, 1.54) is 0 Å². The van der Waals surface area contributed by atoms with Gasteiger partial charge in [-0.15, -0.1) is 0 Å². The molecule has 5 heteroatoms. The molecule has 2 aromatic carbocycles. The molecule has 1 N–H and O–H groups in total. The second-order valence-corrected chi connectivity index (χ2v) is 6.44. The first-order valence-electron chi connectivity index (χ1n) is 8.84. The predicted octanol–water partition coefficient (Wildman–Crippen LogP) is 5.00. The maximum absolute atomic E-state index is 9.52. The first-order valence-corrected chi connectivity index (χ1v) is 8.84. The Morgan fingerprint density at radius 1 is 0.786 bits per heavy atom. The highest BCUT2D eigenvalue weighted by atomic mass is 16.4. The molecule has 5 rings (SSSR count). The SMILES string of the molecule is O/N=c1/cc(-c2cc3ccccc3cn2)oc2cc(-c3ccccn3)ccc12. The van der Waals surface area contributed by atoms with Crippen molar-refractivity contribution in [1.82, 2.24) is 9.97 Å². The van der Waals surface area contributed by atoms with Gasteiger partial charge in [0.1, 0.15) is 16.6 Å². The maximum atomic E-state index is 9.52. The smallest absolute Gasteiger partial charge is 0.155 e. The van der Waals surface area contributed by atoms with Crippen molar-refractivity contribution in [2.45, 2.75) is 0 Å². The predicted molar refractivity (Wildman–Crippen MR) is 108 cm³/mol. The zero-order chi connectivity index (χ0) is 18.9. The number of nitrogens with zero attached hydrogens (tertiary/aromatic N) is 3. The lowest BCUT2D eigenvalue weighted by Crippen LogP contribution is -2.04. The van der Waals surface area contributed by atoms with Crippen molar-refractivity contribution in [2.75, 3.05) is 0 Å². The standard InChI is InChI=1S/C23H15N3O2/c27-26-20-13-23(21-11-15-5-1-2-6-17(15)14-25-21)28-22-12-16(8-9-18(20)22)19-7-3-4-10-24-19/h1-14,27H/b26-20-. The van der Waals surface area contributed by atoms with Gasteiger partial charge in [-0.05, 0) is 35.7 Å². The van der Waals surface area contributed by atoms with Gasteiger partial charge < -0.3 is 9.62 Å². The van der Waals surface area contributed by atoms with Crippen molar-refractivity contribution in [3.05, 3.63) is 90.5 Å². The largest absolute Gasteiger partial charge is 0.454 e. The van der Waals surface area contributed by atoms with Crippen LogP contribution < -0.4 is 5.36 Å². The van der Waals surface area contributed by atoms with Crippen LogP contribution in [-0.4, -0.2) is 15.2 Å². The van der Waals surface area contributed by atoms with Crippen LogP contribution in [0.5, 0.6) is 0 Å². The Morgan fingerprint density at radius 3 is 2.46 bits per heavy atom. The fraction of sp³-hybridized carbons (Fsp3) is 0. The molecule has 0 spiro atoms. The molecule has 0 bridgehead atoms. The molecular formula is C23H15N3O2. The summed E-state index contributed by atoms with van der Waals surface area (Å²) in [6, 6.07) is 23.1. The second-order valence-electron chi connectivity index (χ2n) is 6.44. The molecule has 0 fully saturated rings. The van der Waals surface area contributed by atoms with Crippen molar-refractivity contribution in [3.63, 3.8) is 0 Å². The van der Waals surface area contributed by atoms with E-state index in [-0.39, 0.29) is 0 Å². The molecule has 0 saturated heterocycles. The van der Waals surface area contributed by atoms with Gasteiger partial charge in [0, 0.05) is 34.8 Å². The summed E-state index contributed by atoms with van der Waals surface area (Å²) in [4.78, 5) is 8.90. The van der Waals surface area contributed by atoms with E-state index < -0.39 is 0 Å². The van der Waals surface area contributed by atoms with Crippen LogP contribution in [0.4, 0.5) is 0 Å². The summed E-state index contributed by atoms with van der Waals surface area (Å²) in [6.45, 7) is 0. The average molecular weight is 365 g/mol. The molecule has 0 saturated carbocycles. The second kappa shape index (κ2) is 6.63. The summed E-state index contributed by atoms with van der Waals surface area (Å²) in [5.41, 5.74) is 3.04. The van der Waals surface area contributed by atoms with Crippen molar-refractivity contribution in [2.24, 2.45) is 5.16 Å². The Kier molecular flexibility index (Phi) is 3.84. The van der Waals surface area contributed by atoms with Crippen LogP contribution >= 0.6 is 0 Å². The molecular weight excluding hydrogens is 350 g/mol. The highest BCUT2D eigenvalue weighted by Gasteiger charge is 2.10. The van der Waals surface area contributed by atoms with E-state index in [1.54, 1.807) is 12.3 Å². The van der Waals surface area contributed by atoms with E-state index >= 15 is 0 Å². The molecule has 0 amide bonds. The lowest BCUT2D eigenvalue weighted by atomic mass is 10.1. The molecule has 0 unspecified atom stereocenters. The van der Waals surface area contributed by atoms with Gasteiger partial charge in [-0.25, -0.2) is 0 Å². The van der Waals surface area contributed by atoms with Crippen LogP contribution in [0.3, 0.4) is 0 Å². The minimum Gasteiger partial charge on any atom is -0.454 e. The van der Waals surface area contributed by atoms with Crippen LogP contribution in [0.2, 0.25) is 0 Å². The van der Waals surface area contributed by atoms with Crippen LogP contribution in [0.15, 0.2) is 94.8 Å². The minimum absolute atomic E-state index is 0.429. The van der Waals surface area contributed by atoms with Crippen LogP contribution in [0, 0.1) is 0 Å². The summed E-state index contributed by atoms with van der Waals surface area (Å²) in [7, 11) is 0. The normalized spacial score (nSPS) is 11.9. The van der Waals surface area contributed by atoms with E-state index in [9.17, 15) is 5.21 Å². The Bertz CT molecular complexity index is 1380. The van der Waals surface area contributed by atoms with E-state index in [2.05, 4.69) is 15.1 Å². The third-order valence-corrected chi connectivity index (χ3v) is 4.70. The third kappa shape index (κ3) is 2.79. The molecule has 3 heterocycles. The van der Waals surface area contributed by atoms with Crippen molar-refractivity contribution in [1.29, 1.82) is 0 Å². The lowest BCUT2D eigenvalue weighted by molar-refractivity contribution is 0.302. The van der Waals surface area contributed by atoms with Crippen LogP contribution in [-0.2, 0) is 0 Å². The van der Waals surface area contributed by atoms with Gasteiger partial charge in [-0.3, -0.25) is 9.97 Å². The van der Waals surface area contributed by atoms with E-state index in [1.807, 2.05) is 72.9 Å². The van der Waals surface area contributed by atoms with Crippen LogP contribution in [0.1, 0.15) is 0 Å². The number of aromatic nitrogens is 2. The molecule has 0 radical (unpaired) electrons. The quantitative estimate of drug-likeness (QED) is 0.353. The molecule has 5 aromatic rings. The first kappa shape index (κ1) is 16.2. The van der Waals surface area contributed by atoms with Gasteiger partial charge in [0.05, 0.1) is 5.69 Å². The third-order valence-electron chi connectivity index (χ3n) is 4.70.